The number of nitro benzene ring substituents is 1. The number of nitrogens with zero attached hydrogens (tertiary/aromatic N) is 3. The smallest absolute Gasteiger partial charge is 0.272 e. The lowest BCUT2D eigenvalue weighted by Gasteiger charge is -2.10. The van der Waals surface area contributed by atoms with E-state index in [4.69, 9.17) is 23.2 Å². The molecular formula is C23H18Cl2N4O3. The molecule has 0 saturated heterocycles. The fraction of sp³-hybridized carbons (Fsp3) is 0.130. The molecule has 7 nitrogen and oxygen atoms in total. The van der Waals surface area contributed by atoms with Gasteiger partial charge in [0.25, 0.3) is 11.6 Å². The molecule has 0 aliphatic heterocycles. The molecule has 0 aliphatic rings. The third-order valence-corrected chi connectivity index (χ3v) is 5.50. The second-order valence-electron chi connectivity index (χ2n) is 7.16. The molecule has 1 aromatic heterocycles. The van der Waals surface area contributed by atoms with E-state index < -0.39 is 10.8 Å². The number of carbonyl (C=O) groups excluding carboxylic acids is 1. The van der Waals surface area contributed by atoms with Gasteiger partial charge in [-0.3, -0.25) is 14.9 Å². The number of nitriles is 1. The molecule has 3 aromatic rings. The summed E-state index contributed by atoms with van der Waals surface area (Å²) >= 11 is 12.1. The van der Waals surface area contributed by atoms with Crippen LogP contribution in [0.2, 0.25) is 10.0 Å². The second-order valence-corrected chi connectivity index (χ2v) is 7.98. The standard InChI is InChI=1S/C23H18Cl2N4O3/c1-13-4-6-18(7-5-13)28-14(2)8-16(15(28)3)9-17(12-26)23(30)27-22-20(24)10-19(29(31)32)11-21(22)25/h4-11H,1-3H3,(H,27,30)/b17-9+. The molecule has 0 fully saturated rings. The zero-order valence-corrected chi connectivity index (χ0v) is 19.0. The van der Waals surface area contributed by atoms with Crippen LogP contribution < -0.4 is 5.32 Å². The fourth-order valence-corrected chi connectivity index (χ4v) is 3.86. The Morgan fingerprint density at radius 2 is 1.72 bits per heavy atom. The van der Waals surface area contributed by atoms with Crippen molar-refractivity contribution in [2.24, 2.45) is 0 Å². The SMILES string of the molecule is Cc1ccc(-n2c(C)cc(/C=C(\C#N)C(=O)Nc3c(Cl)cc([N+](=O)[O-])cc3Cl)c2C)cc1. The molecule has 1 heterocycles. The average Bonchev–Trinajstić information content (AvgIpc) is 3.02. The van der Waals surface area contributed by atoms with Crippen molar-refractivity contribution in [1.82, 2.24) is 4.57 Å². The van der Waals surface area contributed by atoms with Crippen molar-refractivity contribution in [3.63, 3.8) is 0 Å². The van der Waals surface area contributed by atoms with Crippen LogP contribution in [0.25, 0.3) is 11.8 Å². The minimum absolute atomic E-state index is 0.00443. The number of non-ortho nitro benzene ring substituents is 1. The number of hydrogen-bond acceptors (Lipinski definition) is 4. The van der Waals surface area contributed by atoms with E-state index in [2.05, 4.69) is 5.32 Å². The Hall–Kier alpha value is -3.60. The number of rotatable bonds is 5. The summed E-state index contributed by atoms with van der Waals surface area (Å²) in [5.41, 5.74) is 4.14. The molecule has 0 spiro atoms. The Morgan fingerprint density at radius 3 is 2.25 bits per heavy atom. The Balaban J connectivity index is 1.94. The number of carbonyl (C=O) groups is 1. The maximum absolute atomic E-state index is 12.7. The first-order valence-electron chi connectivity index (χ1n) is 9.45. The lowest BCUT2D eigenvalue weighted by molar-refractivity contribution is -0.384. The number of nitro groups is 1. The number of benzene rings is 2. The van der Waals surface area contributed by atoms with Crippen molar-refractivity contribution in [1.29, 1.82) is 5.26 Å². The average molecular weight is 469 g/mol. The van der Waals surface area contributed by atoms with E-state index in [-0.39, 0.29) is 27.0 Å². The molecule has 0 bridgehead atoms. The van der Waals surface area contributed by atoms with Gasteiger partial charge in [-0.05, 0) is 50.6 Å². The van der Waals surface area contributed by atoms with Crippen LogP contribution in [0.5, 0.6) is 0 Å². The van der Waals surface area contributed by atoms with Gasteiger partial charge in [-0.25, -0.2) is 0 Å². The minimum atomic E-state index is -0.731. The highest BCUT2D eigenvalue weighted by molar-refractivity contribution is 6.40. The minimum Gasteiger partial charge on any atom is -0.319 e. The first-order chi connectivity index (χ1) is 15.1. The van der Waals surface area contributed by atoms with Crippen LogP contribution in [0.3, 0.4) is 0 Å². The fourth-order valence-electron chi connectivity index (χ4n) is 3.29. The van der Waals surface area contributed by atoms with E-state index in [1.807, 2.05) is 61.7 Å². The predicted molar refractivity (Wildman–Crippen MR) is 125 cm³/mol. The summed E-state index contributed by atoms with van der Waals surface area (Å²) in [6.07, 6.45) is 1.48. The normalized spacial score (nSPS) is 11.2. The lowest BCUT2D eigenvalue weighted by atomic mass is 10.1. The van der Waals surface area contributed by atoms with Crippen molar-refractivity contribution < 1.29 is 9.72 Å². The van der Waals surface area contributed by atoms with E-state index >= 15 is 0 Å². The molecule has 1 amide bonds. The van der Waals surface area contributed by atoms with Crippen LogP contribution >= 0.6 is 23.2 Å². The Kier molecular flexibility index (Phi) is 6.68. The van der Waals surface area contributed by atoms with Crippen molar-refractivity contribution in [3.05, 3.63) is 90.7 Å². The van der Waals surface area contributed by atoms with Gasteiger partial charge in [0.1, 0.15) is 11.6 Å². The van der Waals surface area contributed by atoms with E-state index in [0.29, 0.717) is 5.56 Å². The highest BCUT2D eigenvalue weighted by Crippen LogP contribution is 2.35. The third kappa shape index (κ3) is 4.67. The summed E-state index contributed by atoms with van der Waals surface area (Å²) in [5, 5.41) is 22.8. The Bertz CT molecular complexity index is 1280. The first-order valence-corrected chi connectivity index (χ1v) is 10.2. The van der Waals surface area contributed by atoms with Crippen LogP contribution in [0, 0.1) is 42.2 Å². The summed E-state index contributed by atoms with van der Waals surface area (Å²) in [4.78, 5) is 23.0. The van der Waals surface area contributed by atoms with Gasteiger partial charge < -0.3 is 9.88 Å². The van der Waals surface area contributed by atoms with Crippen molar-refractivity contribution >= 4 is 46.6 Å². The number of aromatic nitrogens is 1. The van der Waals surface area contributed by atoms with Gasteiger partial charge in [0.2, 0.25) is 0 Å². The molecule has 32 heavy (non-hydrogen) atoms. The summed E-state index contributed by atoms with van der Waals surface area (Å²) in [6.45, 7) is 5.84. The van der Waals surface area contributed by atoms with Gasteiger partial charge in [-0.1, -0.05) is 40.9 Å². The largest absolute Gasteiger partial charge is 0.319 e. The summed E-state index contributed by atoms with van der Waals surface area (Å²) < 4.78 is 2.03. The molecule has 2 aromatic carbocycles. The zero-order valence-electron chi connectivity index (χ0n) is 17.4. The van der Waals surface area contributed by atoms with Crippen molar-refractivity contribution in [3.8, 4) is 11.8 Å². The van der Waals surface area contributed by atoms with E-state index in [0.717, 1.165) is 34.8 Å². The van der Waals surface area contributed by atoms with E-state index in [1.54, 1.807) is 0 Å². The molecule has 0 radical (unpaired) electrons. The third-order valence-electron chi connectivity index (χ3n) is 4.90. The maximum atomic E-state index is 12.7. The highest BCUT2D eigenvalue weighted by Gasteiger charge is 2.19. The number of amides is 1. The molecule has 0 atom stereocenters. The highest BCUT2D eigenvalue weighted by atomic mass is 35.5. The molecule has 3 rings (SSSR count). The molecule has 1 N–H and O–H groups in total. The Labute approximate surface area is 194 Å². The number of halogens is 2. The predicted octanol–water partition coefficient (Wildman–Crippen LogP) is 6.16. The van der Waals surface area contributed by atoms with Gasteiger partial charge >= 0.3 is 0 Å². The molecule has 162 valence electrons. The monoisotopic (exact) mass is 468 g/mol. The number of aryl methyl sites for hydroxylation is 2. The summed E-state index contributed by atoms with van der Waals surface area (Å²) in [5.74, 6) is -0.731. The van der Waals surface area contributed by atoms with Crippen LogP contribution in [0.1, 0.15) is 22.5 Å². The topological polar surface area (TPSA) is 101 Å². The quantitative estimate of drug-likeness (QED) is 0.209. The molecule has 0 saturated carbocycles. The number of anilines is 1. The van der Waals surface area contributed by atoms with E-state index in [1.165, 1.54) is 6.08 Å². The first kappa shape index (κ1) is 23.1. The summed E-state index contributed by atoms with van der Waals surface area (Å²) in [7, 11) is 0. The van der Waals surface area contributed by atoms with Gasteiger partial charge in [-0.15, -0.1) is 0 Å². The molecule has 0 aliphatic carbocycles. The summed E-state index contributed by atoms with van der Waals surface area (Å²) in [6, 6.07) is 13.9. The number of nitrogens with one attached hydrogen (secondary N) is 1. The number of hydrogen-bond donors (Lipinski definition) is 1. The lowest BCUT2D eigenvalue weighted by Crippen LogP contribution is -2.14. The van der Waals surface area contributed by atoms with Gasteiger partial charge in [-0.2, -0.15) is 5.26 Å². The van der Waals surface area contributed by atoms with Crippen LogP contribution in [-0.4, -0.2) is 15.4 Å². The van der Waals surface area contributed by atoms with Crippen LogP contribution in [-0.2, 0) is 4.79 Å². The van der Waals surface area contributed by atoms with Crippen LogP contribution in [0.15, 0.2) is 48.0 Å². The van der Waals surface area contributed by atoms with Gasteiger partial charge in [0.05, 0.1) is 20.7 Å². The molecule has 9 heteroatoms. The van der Waals surface area contributed by atoms with Gasteiger partial charge in [0.15, 0.2) is 0 Å². The molecular weight excluding hydrogens is 451 g/mol. The van der Waals surface area contributed by atoms with Gasteiger partial charge in [0, 0.05) is 29.2 Å². The molecule has 0 unspecified atom stereocenters. The van der Waals surface area contributed by atoms with Crippen molar-refractivity contribution in [2.75, 3.05) is 5.32 Å². The van der Waals surface area contributed by atoms with Crippen molar-refractivity contribution in [2.45, 2.75) is 20.8 Å². The Morgan fingerprint density at radius 1 is 1.12 bits per heavy atom. The maximum Gasteiger partial charge on any atom is 0.272 e. The second kappa shape index (κ2) is 9.27. The zero-order chi connectivity index (χ0) is 23.6. The van der Waals surface area contributed by atoms with Crippen LogP contribution in [0.4, 0.5) is 11.4 Å². The van der Waals surface area contributed by atoms with E-state index in [9.17, 15) is 20.2 Å².